The van der Waals surface area contributed by atoms with Crippen molar-refractivity contribution in [3.63, 3.8) is 0 Å². The van der Waals surface area contributed by atoms with Gasteiger partial charge in [0.05, 0.1) is 12.2 Å². The Hall–Kier alpha value is -0.410. The second-order valence-electron chi connectivity index (χ2n) is 12.6. The van der Waals surface area contributed by atoms with E-state index >= 15 is 0 Å². The summed E-state index contributed by atoms with van der Waals surface area (Å²) in [4.78, 5) is 12.1. The Morgan fingerprint density at radius 1 is 1.13 bits per heavy atom. The van der Waals surface area contributed by atoms with Crippen LogP contribution in [0.4, 0.5) is 0 Å². The largest absolute Gasteiger partial charge is 0.396 e. The summed E-state index contributed by atoms with van der Waals surface area (Å²) in [5.74, 6) is 5.43. The van der Waals surface area contributed by atoms with Crippen molar-refractivity contribution in [2.45, 2.75) is 104 Å². The molecule has 0 bridgehead atoms. The summed E-state index contributed by atoms with van der Waals surface area (Å²) in [7, 11) is 0. The summed E-state index contributed by atoms with van der Waals surface area (Å²) in [5, 5.41) is 9.40. The molecular weight excluding hydrogens is 372 g/mol. The lowest BCUT2D eigenvalue weighted by Crippen LogP contribution is -2.54. The second kappa shape index (κ2) is 7.58. The standard InChI is InChI=1S/C27H44O3/c1-16(15-28)5-8-23-17(2)25-24(30-23)14-22-20-7-6-18-13-19(29)9-11-26(18,3)21(20)10-12-27(22,25)4/h16-18,20-25,28H,5-15H2,1-4H3/t16?,17-,18?,20-,21+,22+,23-,24+,25+,26+,27+/m1/s1. The van der Waals surface area contributed by atoms with Crippen LogP contribution in [-0.4, -0.2) is 29.7 Å². The van der Waals surface area contributed by atoms with E-state index in [-0.39, 0.29) is 0 Å². The fourth-order valence-electron chi connectivity index (χ4n) is 9.60. The average molecular weight is 417 g/mol. The Labute approximate surface area is 183 Å². The molecule has 0 spiro atoms. The van der Waals surface area contributed by atoms with E-state index in [2.05, 4.69) is 27.7 Å². The fraction of sp³-hybridized carbons (Fsp3) is 0.963. The number of hydrogen-bond acceptors (Lipinski definition) is 3. The van der Waals surface area contributed by atoms with Crippen LogP contribution in [-0.2, 0) is 9.53 Å². The lowest BCUT2D eigenvalue weighted by molar-refractivity contribution is -0.140. The molecule has 5 fully saturated rings. The quantitative estimate of drug-likeness (QED) is 0.645. The fourth-order valence-corrected chi connectivity index (χ4v) is 9.60. The highest BCUT2D eigenvalue weighted by atomic mass is 16.5. The molecule has 0 aromatic carbocycles. The zero-order valence-electron chi connectivity index (χ0n) is 19.7. The van der Waals surface area contributed by atoms with Crippen molar-refractivity contribution in [3.05, 3.63) is 0 Å². The molecule has 30 heavy (non-hydrogen) atoms. The zero-order chi connectivity index (χ0) is 21.3. The van der Waals surface area contributed by atoms with Gasteiger partial charge >= 0.3 is 0 Å². The van der Waals surface area contributed by atoms with E-state index in [4.69, 9.17) is 4.74 Å². The van der Waals surface area contributed by atoms with Crippen LogP contribution in [0.15, 0.2) is 0 Å². The molecule has 4 aliphatic carbocycles. The third-order valence-corrected chi connectivity index (χ3v) is 11.3. The first-order chi connectivity index (χ1) is 14.3. The minimum Gasteiger partial charge on any atom is -0.396 e. The van der Waals surface area contributed by atoms with Gasteiger partial charge in [-0.3, -0.25) is 4.79 Å². The molecule has 1 heterocycles. The van der Waals surface area contributed by atoms with E-state index in [0.29, 0.717) is 53.2 Å². The van der Waals surface area contributed by atoms with Gasteiger partial charge in [0.1, 0.15) is 5.78 Å². The lowest BCUT2D eigenvalue weighted by Gasteiger charge is -2.60. The number of ether oxygens (including phenoxy) is 1. The Morgan fingerprint density at radius 2 is 1.93 bits per heavy atom. The number of carbonyl (C=O) groups is 1. The van der Waals surface area contributed by atoms with E-state index in [9.17, 15) is 9.90 Å². The van der Waals surface area contributed by atoms with Crippen LogP contribution in [0.2, 0.25) is 0 Å². The predicted molar refractivity (Wildman–Crippen MR) is 119 cm³/mol. The van der Waals surface area contributed by atoms with E-state index < -0.39 is 0 Å². The van der Waals surface area contributed by atoms with Gasteiger partial charge in [-0.05, 0) is 104 Å². The maximum Gasteiger partial charge on any atom is 0.133 e. The number of rotatable bonds is 4. The first-order valence-corrected chi connectivity index (χ1v) is 13.1. The number of aliphatic hydroxyl groups is 1. The Balaban J connectivity index is 1.33. The van der Waals surface area contributed by atoms with E-state index in [0.717, 1.165) is 55.8 Å². The Bertz CT molecular complexity index is 675. The molecule has 1 aliphatic heterocycles. The van der Waals surface area contributed by atoms with Crippen molar-refractivity contribution in [3.8, 4) is 0 Å². The molecule has 0 aromatic rings. The zero-order valence-corrected chi connectivity index (χ0v) is 19.7. The first-order valence-electron chi connectivity index (χ1n) is 13.1. The predicted octanol–water partition coefficient (Wildman–Crippen LogP) is 5.64. The molecule has 1 N–H and O–H groups in total. The molecule has 3 heteroatoms. The van der Waals surface area contributed by atoms with Gasteiger partial charge in [-0.1, -0.05) is 27.7 Å². The van der Waals surface area contributed by atoms with Crippen LogP contribution in [0, 0.1) is 52.3 Å². The van der Waals surface area contributed by atoms with E-state index in [1.165, 1.54) is 32.1 Å². The molecule has 0 radical (unpaired) electrons. The van der Waals surface area contributed by atoms with Gasteiger partial charge < -0.3 is 9.84 Å². The lowest BCUT2D eigenvalue weighted by atomic mass is 9.44. The molecule has 0 amide bonds. The van der Waals surface area contributed by atoms with Crippen LogP contribution in [0.25, 0.3) is 0 Å². The minimum absolute atomic E-state index is 0.294. The van der Waals surface area contributed by atoms with Crippen LogP contribution in [0.3, 0.4) is 0 Å². The molecule has 4 saturated carbocycles. The van der Waals surface area contributed by atoms with Crippen molar-refractivity contribution < 1.29 is 14.6 Å². The van der Waals surface area contributed by atoms with Crippen molar-refractivity contribution in [1.82, 2.24) is 0 Å². The SMILES string of the molecule is CC(CO)CC[C@H]1O[C@H]2C[C@H]3[C@@H]4CCC5CC(=O)CC[C@]5(C)[C@H]4CC[C@]3(C)[C@H]2[C@@H]1C. The van der Waals surface area contributed by atoms with Crippen molar-refractivity contribution in [1.29, 1.82) is 0 Å². The topological polar surface area (TPSA) is 46.5 Å². The molecule has 2 unspecified atom stereocenters. The molecule has 5 aliphatic rings. The third kappa shape index (κ3) is 3.08. The van der Waals surface area contributed by atoms with Crippen molar-refractivity contribution >= 4 is 5.78 Å². The van der Waals surface area contributed by atoms with Crippen LogP contribution in [0.5, 0.6) is 0 Å². The Morgan fingerprint density at radius 3 is 2.70 bits per heavy atom. The molecule has 5 rings (SSSR count). The number of aliphatic hydroxyl groups excluding tert-OH is 1. The average Bonchev–Trinajstić information content (AvgIpc) is 3.20. The van der Waals surface area contributed by atoms with Crippen LogP contribution >= 0.6 is 0 Å². The minimum atomic E-state index is 0.294. The van der Waals surface area contributed by atoms with Gasteiger partial charge in [-0.15, -0.1) is 0 Å². The summed E-state index contributed by atoms with van der Waals surface area (Å²) < 4.78 is 6.75. The number of carbonyl (C=O) groups excluding carboxylic acids is 1. The summed E-state index contributed by atoms with van der Waals surface area (Å²) >= 11 is 0. The summed E-state index contributed by atoms with van der Waals surface area (Å²) in [5.41, 5.74) is 0.849. The molecule has 3 nitrogen and oxygen atoms in total. The van der Waals surface area contributed by atoms with Gasteiger partial charge in [0.15, 0.2) is 0 Å². The van der Waals surface area contributed by atoms with Gasteiger partial charge in [0.2, 0.25) is 0 Å². The summed E-state index contributed by atoms with van der Waals surface area (Å²) in [6.07, 6.45) is 12.5. The Kier molecular flexibility index (Phi) is 5.41. The number of ketones is 1. The van der Waals surface area contributed by atoms with Crippen LogP contribution in [0.1, 0.15) is 91.9 Å². The van der Waals surface area contributed by atoms with Gasteiger partial charge in [0, 0.05) is 19.4 Å². The maximum absolute atomic E-state index is 12.1. The van der Waals surface area contributed by atoms with E-state index in [1.807, 2.05) is 0 Å². The number of Topliss-reactive ketones (excluding diaryl/α,β-unsaturated/α-hetero) is 1. The smallest absolute Gasteiger partial charge is 0.133 e. The van der Waals surface area contributed by atoms with E-state index in [1.54, 1.807) is 0 Å². The molecule has 1 saturated heterocycles. The molecular formula is C27H44O3. The highest BCUT2D eigenvalue weighted by molar-refractivity contribution is 5.79. The molecule has 11 atom stereocenters. The van der Waals surface area contributed by atoms with Gasteiger partial charge in [-0.2, -0.15) is 0 Å². The number of fused-ring (bicyclic) bond motifs is 7. The second-order valence-corrected chi connectivity index (χ2v) is 12.6. The van der Waals surface area contributed by atoms with Crippen LogP contribution < -0.4 is 0 Å². The third-order valence-electron chi connectivity index (χ3n) is 11.3. The number of hydrogen-bond donors (Lipinski definition) is 1. The normalized spacial score (nSPS) is 53.6. The summed E-state index contributed by atoms with van der Waals surface area (Å²) in [6, 6.07) is 0. The highest BCUT2D eigenvalue weighted by Gasteiger charge is 2.65. The van der Waals surface area contributed by atoms with Crippen molar-refractivity contribution in [2.75, 3.05) is 6.61 Å². The molecule has 170 valence electrons. The van der Waals surface area contributed by atoms with Crippen molar-refractivity contribution in [2.24, 2.45) is 52.3 Å². The summed E-state index contributed by atoms with van der Waals surface area (Å²) in [6.45, 7) is 10.1. The monoisotopic (exact) mass is 416 g/mol. The maximum atomic E-state index is 12.1. The van der Waals surface area contributed by atoms with Gasteiger partial charge in [0.25, 0.3) is 0 Å². The first kappa shape index (κ1) is 21.4. The molecule has 0 aromatic heterocycles. The highest BCUT2D eigenvalue weighted by Crippen LogP contribution is 2.69. The van der Waals surface area contributed by atoms with Gasteiger partial charge in [-0.25, -0.2) is 0 Å².